The van der Waals surface area contributed by atoms with E-state index in [0.717, 1.165) is 5.56 Å². The summed E-state index contributed by atoms with van der Waals surface area (Å²) in [6, 6.07) is 11.0. The molecule has 0 radical (unpaired) electrons. The first-order valence-corrected chi connectivity index (χ1v) is 5.66. The molecule has 0 amide bonds. The number of methoxy groups -OCH3 is 1. The zero-order valence-corrected chi connectivity index (χ0v) is 10.4. The van der Waals surface area contributed by atoms with E-state index in [-0.39, 0.29) is 0 Å². The van der Waals surface area contributed by atoms with Crippen LogP contribution in [-0.2, 0) is 11.3 Å². The minimum Gasteiger partial charge on any atom is -0.465 e. The Bertz CT molecular complexity index is 613. The summed E-state index contributed by atoms with van der Waals surface area (Å²) in [5, 5.41) is 12.8. The summed E-state index contributed by atoms with van der Waals surface area (Å²) >= 11 is 0. The van der Waals surface area contributed by atoms with E-state index in [2.05, 4.69) is 15.9 Å². The molecule has 0 atom stereocenters. The molecule has 2 aromatic rings. The van der Waals surface area contributed by atoms with Gasteiger partial charge in [0, 0.05) is 11.6 Å². The van der Waals surface area contributed by atoms with E-state index in [9.17, 15) is 4.79 Å². The second-order valence-electron chi connectivity index (χ2n) is 3.91. The van der Waals surface area contributed by atoms with Crippen LogP contribution in [0.3, 0.4) is 0 Å². The molecule has 2 rings (SSSR count). The standard InChI is InChI=1S/C14H12N3O2/c1-19-14(18)13-6-7-17(16-9-13)10-12-4-2-11(8-15)3-5-12/h2-7,9H,10H2,1H3/q+1. The molecule has 0 bridgehead atoms. The van der Waals surface area contributed by atoms with Crippen molar-refractivity contribution in [2.45, 2.75) is 6.54 Å². The molecule has 5 heteroatoms. The maximum Gasteiger partial charge on any atom is 0.339 e. The first kappa shape index (κ1) is 12.7. The fourth-order valence-electron chi connectivity index (χ4n) is 1.59. The van der Waals surface area contributed by atoms with Crippen LogP contribution < -0.4 is 4.68 Å². The van der Waals surface area contributed by atoms with Crippen LogP contribution in [0.15, 0.2) is 42.7 Å². The Kier molecular flexibility index (Phi) is 3.84. The van der Waals surface area contributed by atoms with Crippen molar-refractivity contribution in [1.29, 1.82) is 5.26 Å². The Morgan fingerprint density at radius 3 is 2.63 bits per heavy atom. The van der Waals surface area contributed by atoms with Crippen LogP contribution in [0.2, 0.25) is 0 Å². The van der Waals surface area contributed by atoms with Crippen LogP contribution in [0.25, 0.3) is 0 Å². The fraction of sp³-hybridized carbons (Fsp3) is 0.143. The van der Waals surface area contributed by atoms with Crippen molar-refractivity contribution in [2.75, 3.05) is 7.11 Å². The van der Waals surface area contributed by atoms with E-state index < -0.39 is 5.97 Å². The number of nitrogens with zero attached hydrogens (tertiary/aromatic N) is 3. The smallest absolute Gasteiger partial charge is 0.339 e. The Hall–Kier alpha value is -2.74. The van der Waals surface area contributed by atoms with E-state index in [4.69, 9.17) is 5.26 Å². The van der Waals surface area contributed by atoms with Crippen molar-refractivity contribution in [3.63, 3.8) is 0 Å². The Morgan fingerprint density at radius 1 is 1.37 bits per heavy atom. The molecule has 0 fully saturated rings. The predicted molar refractivity (Wildman–Crippen MR) is 66.0 cm³/mol. The normalized spacial score (nSPS) is 9.68. The number of hydrogen-bond donors (Lipinski definition) is 0. The van der Waals surface area contributed by atoms with Crippen LogP contribution in [0, 0.1) is 11.3 Å². The molecule has 0 saturated heterocycles. The number of nitriles is 1. The van der Waals surface area contributed by atoms with Crippen molar-refractivity contribution >= 4 is 5.97 Å². The third kappa shape index (κ3) is 3.13. The van der Waals surface area contributed by atoms with E-state index >= 15 is 0 Å². The molecule has 1 aromatic heterocycles. The van der Waals surface area contributed by atoms with Crippen molar-refractivity contribution in [3.05, 3.63) is 59.4 Å². The number of benzene rings is 1. The molecule has 0 spiro atoms. The molecule has 19 heavy (non-hydrogen) atoms. The van der Waals surface area contributed by atoms with Gasteiger partial charge in [-0.2, -0.15) is 5.26 Å². The van der Waals surface area contributed by atoms with Crippen LogP contribution in [0.4, 0.5) is 0 Å². The van der Waals surface area contributed by atoms with E-state index in [1.54, 1.807) is 29.1 Å². The molecule has 1 aromatic carbocycles. The summed E-state index contributed by atoms with van der Waals surface area (Å²) in [5.74, 6) is -0.405. The molecule has 0 saturated carbocycles. The molecular weight excluding hydrogens is 242 g/mol. The van der Waals surface area contributed by atoms with Crippen LogP contribution in [-0.4, -0.2) is 18.2 Å². The maximum absolute atomic E-state index is 11.3. The lowest BCUT2D eigenvalue weighted by Crippen LogP contribution is -2.38. The molecular formula is C14H12N3O2+. The number of carbonyl (C=O) groups is 1. The molecule has 94 valence electrons. The lowest BCUT2D eigenvalue weighted by molar-refractivity contribution is -0.746. The molecule has 0 aliphatic carbocycles. The first-order valence-electron chi connectivity index (χ1n) is 5.66. The fourth-order valence-corrected chi connectivity index (χ4v) is 1.59. The second kappa shape index (κ2) is 5.74. The van der Waals surface area contributed by atoms with Crippen molar-refractivity contribution in [3.8, 4) is 6.07 Å². The molecule has 0 N–H and O–H groups in total. The third-order valence-electron chi connectivity index (χ3n) is 2.62. The van der Waals surface area contributed by atoms with Gasteiger partial charge in [0.05, 0.1) is 24.3 Å². The van der Waals surface area contributed by atoms with E-state index in [1.807, 2.05) is 12.1 Å². The van der Waals surface area contributed by atoms with Gasteiger partial charge in [0.15, 0.2) is 12.7 Å². The first-order chi connectivity index (χ1) is 9.22. The van der Waals surface area contributed by atoms with Gasteiger partial charge in [0.1, 0.15) is 6.20 Å². The predicted octanol–water partition coefficient (Wildman–Crippen LogP) is 1.08. The average Bonchev–Trinajstić information content (AvgIpc) is 2.48. The maximum atomic E-state index is 11.3. The monoisotopic (exact) mass is 254 g/mol. The van der Waals surface area contributed by atoms with Gasteiger partial charge in [0.25, 0.3) is 0 Å². The Balaban J connectivity index is 2.10. The van der Waals surface area contributed by atoms with Crippen LogP contribution in [0.5, 0.6) is 0 Å². The lowest BCUT2D eigenvalue weighted by atomic mass is 10.1. The topological polar surface area (TPSA) is 66.9 Å². The van der Waals surface area contributed by atoms with Gasteiger partial charge in [-0.3, -0.25) is 0 Å². The number of esters is 1. The Labute approximate surface area is 110 Å². The number of carbonyl (C=O) groups excluding carboxylic acids is 1. The summed E-state index contributed by atoms with van der Waals surface area (Å²) in [5.41, 5.74) is 2.07. The molecule has 1 heterocycles. The second-order valence-corrected chi connectivity index (χ2v) is 3.91. The summed E-state index contributed by atoms with van der Waals surface area (Å²) in [7, 11) is 1.33. The van der Waals surface area contributed by atoms with Gasteiger partial charge < -0.3 is 4.74 Å². The molecule has 5 nitrogen and oxygen atoms in total. The largest absolute Gasteiger partial charge is 0.465 e. The lowest BCUT2D eigenvalue weighted by Gasteiger charge is -1.98. The van der Waals surface area contributed by atoms with E-state index in [0.29, 0.717) is 17.7 Å². The highest BCUT2D eigenvalue weighted by Gasteiger charge is 2.10. The SMILES string of the molecule is COC(=O)c1cc[n+](Cc2ccc(C#N)cc2)nc1. The highest BCUT2D eigenvalue weighted by Crippen LogP contribution is 2.02. The van der Waals surface area contributed by atoms with Gasteiger partial charge in [-0.25, -0.2) is 4.79 Å². The van der Waals surface area contributed by atoms with Crippen molar-refractivity contribution < 1.29 is 14.2 Å². The van der Waals surface area contributed by atoms with Crippen molar-refractivity contribution in [2.24, 2.45) is 0 Å². The highest BCUT2D eigenvalue weighted by atomic mass is 16.5. The van der Waals surface area contributed by atoms with Crippen LogP contribution >= 0.6 is 0 Å². The number of aromatic nitrogens is 2. The summed E-state index contributed by atoms with van der Waals surface area (Å²) in [6.07, 6.45) is 3.18. The number of rotatable bonds is 3. The molecule has 0 unspecified atom stereocenters. The number of hydrogen-bond acceptors (Lipinski definition) is 4. The average molecular weight is 254 g/mol. The van der Waals surface area contributed by atoms with Crippen LogP contribution in [0.1, 0.15) is 21.5 Å². The zero-order valence-electron chi connectivity index (χ0n) is 10.4. The van der Waals surface area contributed by atoms with Gasteiger partial charge in [-0.05, 0) is 17.2 Å². The summed E-state index contributed by atoms with van der Waals surface area (Å²) < 4.78 is 6.30. The Morgan fingerprint density at radius 2 is 2.11 bits per heavy atom. The quantitative estimate of drug-likeness (QED) is 0.607. The summed E-state index contributed by atoms with van der Waals surface area (Å²) in [4.78, 5) is 11.3. The highest BCUT2D eigenvalue weighted by molar-refractivity contribution is 5.88. The molecule has 0 aliphatic heterocycles. The van der Waals surface area contributed by atoms with Gasteiger partial charge in [-0.15, -0.1) is 0 Å². The van der Waals surface area contributed by atoms with Crippen molar-refractivity contribution in [1.82, 2.24) is 5.10 Å². The van der Waals surface area contributed by atoms with E-state index in [1.165, 1.54) is 13.3 Å². The number of ether oxygens (including phenoxy) is 1. The summed E-state index contributed by atoms with van der Waals surface area (Å²) in [6.45, 7) is 0.577. The van der Waals surface area contributed by atoms with Gasteiger partial charge in [-0.1, -0.05) is 16.8 Å². The third-order valence-corrected chi connectivity index (χ3v) is 2.62. The minimum atomic E-state index is -0.405. The van der Waals surface area contributed by atoms with Gasteiger partial charge >= 0.3 is 5.97 Å². The minimum absolute atomic E-state index is 0.405. The molecule has 0 aliphatic rings. The zero-order chi connectivity index (χ0) is 13.7. The van der Waals surface area contributed by atoms with Gasteiger partial charge in [0.2, 0.25) is 0 Å².